The van der Waals surface area contributed by atoms with E-state index in [4.69, 9.17) is 11.6 Å². The highest BCUT2D eigenvalue weighted by molar-refractivity contribution is 7.92. The third kappa shape index (κ3) is 2.60. The third-order valence-corrected chi connectivity index (χ3v) is 3.87. The van der Waals surface area contributed by atoms with Gasteiger partial charge < -0.3 is 0 Å². The van der Waals surface area contributed by atoms with E-state index in [9.17, 15) is 12.8 Å². The van der Waals surface area contributed by atoms with Gasteiger partial charge in [-0.2, -0.15) is 0 Å². The second-order valence-electron chi connectivity index (χ2n) is 3.39. The highest BCUT2D eigenvalue weighted by atomic mass is 35.5. The molecule has 0 unspecified atom stereocenters. The molecule has 0 spiro atoms. The van der Waals surface area contributed by atoms with Crippen LogP contribution in [0.15, 0.2) is 47.6 Å². The lowest BCUT2D eigenvalue weighted by Crippen LogP contribution is -2.14. The van der Waals surface area contributed by atoms with Crippen molar-refractivity contribution in [1.29, 1.82) is 0 Å². The fourth-order valence-corrected chi connectivity index (χ4v) is 2.67. The maximum Gasteiger partial charge on any atom is 0.264 e. The van der Waals surface area contributed by atoms with E-state index in [0.29, 0.717) is 0 Å². The number of hydrogen-bond acceptors (Lipinski definition) is 3. The molecule has 0 bridgehead atoms. The molecular weight excluding hydrogens is 279 g/mol. The second kappa shape index (κ2) is 4.91. The van der Waals surface area contributed by atoms with Gasteiger partial charge in [0.25, 0.3) is 10.0 Å². The number of pyridine rings is 1. The summed E-state index contributed by atoms with van der Waals surface area (Å²) in [5, 5.41) is 0.185. The topological polar surface area (TPSA) is 59.1 Å². The molecule has 0 amide bonds. The van der Waals surface area contributed by atoms with Crippen LogP contribution in [0.5, 0.6) is 0 Å². The van der Waals surface area contributed by atoms with E-state index in [0.717, 1.165) is 6.07 Å². The first-order chi connectivity index (χ1) is 8.50. The van der Waals surface area contributed by atoms with E-state index in [1.807, 2.05) is 0 Å². The standard InChI is InChI=1S/C11H8ClFN2O2S/c12-8-5-6-14-7-10(8)15-18(16,17)11-4-2-1-3-9(11)13/h1-7,15H. The first-order valence-electron chi connectivity index (χ1n) is 4.87. The summed E-state index contributed by atoms with van der Waals surface area (Å²) in [6.07, 6.45) is 2.67. The molecule has 94 valence electrons. The molecule has 0 atom stereocenters. The lowest BCUT2D eigenvalue weighted by atomic mass is 10.4. The minimum Gasteiger partial charge on any atom is -0.276 e. The van der Waals surface area contributed by atoms with Crippen LogP contribution in [0.2, 0.25) is 5.02 Å². The third-order valence-electron chi connectivity index (χ3n) is 2.14. The lowest BCUT2D eigenvalue weighted by Gasteiger charge is -2.09. The number of nitrogens with one attached hydrogen (secondary N) is 1. The van der Waals surface area contributed by atoms with E-state index in [-0.39, 0.29) is 10.7 Å². The minimum absolute atomic E-state index is 0.0995. The molecule has 0 saturated heterocycles. The number of benzene rings is 1. The Kier molecular flexibility index (Phi) is 3.49. The van der Waals surface area contributed by atoms with Gasteiger partial charge in [-0.15, -0.1) is 0 Å². The molecule has 0 aliphatic carbocycles. The van der Waals surface area contributed by atoms with Gasteiger partial charge >= 0.3 is 0 Å². The zero-order valence-corrected chi connectivity index (χ0v) is 10.5. The van der Waals surface area contributed by atoms with Crippen LogP contribution in [-0.4, -0.2) is 13.4 Å². The quantitative estimate of drug-likeness (QED) is 0.944. The van der Waals surface area contributed by atoms with Gasteiger partial charge in [0, 0.05) is 6.20 Å². The maximum absolute atomic E-state index is 13.4. The fraction of sp³-hybridized carbons (Fsp3) is 0. The van der Waals surface area contributed by atoms with Crippen LogP contribution in [0.1, 0.15) is 0 Å². The summed E-state index contributed by atoms with van der Waals surface area (Å²) in [5.41, 5.74) is 0.0995. The van der Waals surface area contributed by atoms with Crippen molar-refractivity contribution in [2.45, 2.75) is 4.90 Å². The van der Waals surface area contributed by atoms with Gasteiger partial charge in [0.1, 0.15) is 10.7 Å². The predicted octanol–water partition coefficient (Wildman–Crippen LogP) is 2.67. The molecule has 18 heavy (non-hydrogen) atoms. The first-order valence-corrected chi connectivity index (χ1v) is 6.74. The minimum atomic E-state index is -4.02. The van der Waals surface area contributed by atoms with Gasteiger partial charge in [0.2, 0.25) is 0 Å². The summed E-state index contributed by atoms with van der Waals surface area (Å²) >= 11 is 5.80. The van der Waals surface area contributed by atoms with Crippen molar-refractivity contribution in [3.63, 3.8) is 0 Å². The van der Waals surface area contributed by atoms with E-state index in [2.05, 4.69) is 9.71 Å². The highest BCUT2D eigenvalue weighted by Gasteiger charge is 2.19. The van der Waals surface area contributed by atoms with Gasteiger partial charge in [-0.05, 0) is 18.2 Å². The van der Waals surface area contributed by atoms with Gasteiger partial charge in [-0.3, -0.25) is 9.71 Å². The molecule has 0 radical (unpaired) electrons. The Balaban J connectivity index is 2.40. The van der Waals surface area contributed by atoms with Crippen LogP contribution < -0.4 is 4.72 Å². The zero-order chi connectivity index (χ0) is 13.2. The molecule has 1 heterocycles. The van der Waals surface area contributed by atoms with Gasteiger partial charge in [0.15, 0.2) is 0 Å². The van der Waals surface area contributed by atoms with Crippen molar-refractivity contribution in [2.75, 3.05) is 4.72 Å². The maximum atomic E-state index is 13.4. The smallest absolute Gasteiger partial charge is 0.264 e. The van der Waals surface area contributed by atoms with Crippen molar-refractivity contribution in [1.82, 2.24) is 4.98 Å². The predicted molar refractivity (Wildman–Crippen MR) is 66.5 cm³/mol. The molecule has 1 aromatic carbocycles. The number of nitrogens with zero attached hydrogens (tertiary/aromatic N) is 1. The molecule has 0 fully saturated rings. The Morgan fingerprint density at radius 1 is 1.22 bits per heavy atom. The number of halogens is 2. The Morgan fingerprint density at radius 3 is 2.61 bits per heavy atom. The van der Waals surface area contributed by atoms with E-state index in [1.54, 1.807) is 0 Å². The van der Waals surface area contributed by atoms with E-state index < -0.39 is 20.7 Å². The fourth-order valence-electron chi connectivity index (χ4n) is 1.31. The largest absolute Gasteiger partial charge is 0.276 e. The molecule has 4 nitrogen and oxygen atoms in total. The van der Waals surface area contributed by atoms with Crippen molar-refractivity contribution >= 4 is 27.3 Å². The summed E-state index contributed by atoms with van der Waals surface area (Å²) in [4.78, 5) is 3.30. The number of rotatable bonds is 3. The SMILES string of the molecule is O=S(=O)(Nc1cnccc1Cl)c1ccccc1F. The molecule has 1 aromatic heterocycles. The van der Waals surface area contributed by atoms with Crippen molar-refractivity contribution < 1.29 is 12.8 Å². The highest BCUT2D eigenvalue weighted by Crippen LogP contribution is 2.23. The summed E-state index contributed by atoms with van der Waals surface area (Å²) < 4.78 is 39.5. The summed E-state index contributed by atoms with van der Waals surface area (Å²) in [6.45, 7) is 0. The monoisotopic (exact) mass is 286 g/mol. The molecule has 7 heteroatoms. The Hall–Kier alpha value is -1.66. The van der Waals surface area contributed by atoms with Gasteiger partial charge in [-0.25, -0.2) is 12.8 Å². The normalized spacial score (nSPS) is 11.2. The van der Waals surface area contributed by atoms with Crippen LogP contribution in [0.4, 0.5) is 10.1 Å². The van der Waals surface area contributed by atoms with Crippen molar-refractivity contribution in [3.8, 4) is 0 Å². The molecule has 0 aliphatic heterocycles. The molecular formula is C11H8ClFN2O2S. The van der Waals surface area contributed by atoms with Crippen LogP contribution in [0.3, 0.4) is 0 Å². The Morgan fingerprint density at radius 2 is 1.94 bits per heavy atom. The number of hydrogen-bond donors (Lipinski definition) is 1. The van der Waals surface area contributed by atoms with Crippen molar-refractivity contribution in [2.24, 2.45) is 0 Å². The van der Waals surface area contributed by atoms with Gasteiger partial charge in [0.05, 0.1) is 16.9 Å². The molecule has 2 rings (SSSR count). The lowest BCUT2D eigenvalue weighted by molar-refractivity contribution is 0.570. The molecule has 0 saturated carbocycles. The molecule has 0 aliphatic rings. The summed E-state index contributed by atoms with van der Waals surface area (Å²) in [5.74, 6) is -0.829. The number of aromatic nitrogens is 1. The van der Waals surface area contributed by atoms with Crippen LogP contribution >= 0.6 is 11.6 Å². The van der Waals surface area contributed by atoms with Crippen LogP contribution in [0, 0.1) is 5.82 Å². The van der Waals surface area contributed by atoms with Crippen LogP contribution in [-0.2, 0) is 10.0 Å². The van der Waals surface area contributed by atoms with Crippen molar-refractivity contribution in [3.05, 3.63) is 53.6 Å². The Bertz CT molecular complexity index is 676. The first kappa shape index (κ1) is 12.8. The number of sulfonamides is 1. The number of anilines is 1. The van der Waals surface area contributed by atoms with Gasteiger partial charge in [-0.1, -0.05) is 23.7 Å². The summed E-state index contributed by atoms with van der Waals surface area (Å²) in [6, 6.07) is 6.51. The average molecular weight is 287 g/mol. The van der Waals surface area contributed by atoms with E-state index in [1.165, 1.54) is 36.7 Å². The van der Waals surface area contributed by atoms with E-state index >= 15 is 0 Å². The molecule has 2 aromatic rings. The summed E-state index contributed by atoms with van der Waals surface area (Å²) in [7, 11) is -4.02. The van der Waals surface area contributed by atoms with Crippen LogP contribution in [0.25, 0.3) is 0 Å². The zero-order valence-electron chi connectivity index (χ0n) is 8.97. The Labute approximate surface area is 108 Å². The molecule has 1 N–H and O–H groups in total. The second-order valence-corrected chi connectivity index (χ2v) is 5.45. The average Bonchev–Trinajstić information content (AvgIpc) is 2.32.